The fraction of sp³-hybridized carbons (Fsp3) is 0.381. The van der Waals surface area contributed by atoms with Gasteiger partial charge in [0.15, 0.2) is 5.82 Å². The van der Waals surface area contributed by atoms with Crippen LogP contribution in [0.25, 0.3) is 5.82 Å². The highest BCUT2D eigenvalue weighted by atomic mass is 15.4. The van der Waals surface area contributed by atoms with Gasteiger partial charge in [-0.05, 0) is 39.3 Å². The van der Waals surface area contributed by atoms with Crippen LogP contribution < -0.4 is 4.90 Å². The number of hydrogen-bond donors (Lipinski definition) is 0. The maximum atomic E-state index is 4.87. The SMILES string of the molecule is Cc1ccc2c(c1)CC(C1CN(c3cc(-n4nc(C)nc4C)nc(C)n3)C1)=N2. The van der Waals surface area contributed by atoms with Gasteiger partial charge in [0.25, 0.3) is 0 Å². The summed E-state index contributed by atoms with van der Waals surface area (Å²) in [5.41, 5.74) is 5.08. The smallest absolute Gasteiger partial charge is 0.161 e. The summed E-state index contributed by atoms with van der Waals surface area (Å²) < 4.78 is 1.78. The fourth-order valence-electron chi connectivity index (χ4n) is 4.01. The van der Waals surface area contributed by atoms with E-state index in [2.05, 4.69) is 50.1 Å². The minimum absolute atomic E-state index is 0.488. The molecule has 4 heterocycles. The maximum Gasteiger partial charge on any atom is 0.161 e. The van der Waals surface area contributed by atoms with Crippen LogP contribution in [0.1, 0.15) is 28.6 Å². The maximum absolute atomic E-state index is 4.87. The predicted octanol–water partition coefficient (Wildman–Crippen LogP) is 3.06. The van der Waals surface area contributed by atoms with E-state index in [9.17, 15) is 0 Å². The largest absolute Gasteiger partial charge is 0.355 e. The molecule has 2 aliphatic heterocycles. The van der Waals surface area contributed by atoms with Crippen LogP contribution >= 0.6 is 0 Å². The minimum Gasteiger partial charge on any atom is -0.355 e. The Kier molecular flexibility index (Phi) is 3.79. The van der Waals surface area contributed by atoms with Gasteiger partial charge in [-0.25, -0.2) is 15.0 Å². The topological polar surface area (TPSA) is 72.1 Å². The molecule has 28 heavy (non-hydrogen) atoms. The van der Waals surface area contributed by atoms with Gasteiger partial charge >= 0.3 is 0 Å². The van der Waals surface area contributed by atoms with Gasteiger partial charge in [0, 0.05) is 37.2 Å². The van der Waals surface area contributed by atoms with E-state index < -0.39 is 0 Å². The number of hydrogen-bond acceptors (Lipinski definition) is 6. The lowest BCUT2D eigenvalue weighted by Gasteiger charge is -2.40. The average Bonchev–Trinajstić information content (AvgIpc) is 3.15. The number of anilines is 1. The summed E-state index contributed by atoms with van der Waals surface area (Å²) in [6.07, 6.45) is 0.973. The summed E-state index contributed by atoms with van der Waals surface area (Å²) in [6.45, 7) is 9.77. The number of nitrogens with zero attached hydrogens (tertiary/aromatic N) is 7. The molecule has 1 aromatic carbocycles. The zero-order chi connectivity index (χ0) is 19.4. The molecule has 0 atom stereocenters. The zero-order valence-corrected chi connectivity index (χ0v) is 16.6. The molecule has 1 fully saturated rings. The van der Waals surface area contributed by atoms with Crippen molar-refractivity contribution >= 4 is 17.2 Å². The van der Waals surface area contributed by atoms with Gasteiger partial charge in [0.05, 0.1) is 5.69 Å². The molecular weight excluding hydrogens is 350 g/mol. The zero-order valence-electron chi connectivity index (χ0n) is 16.6. The van der Waals surface area contributed by atoms with E-state index in [1.165, 1.54) is 16.8 Å². The second-order valence-corrected chi connectivity index (χ2v) is 7.76. The van der Waals surface area contributed by atoms with Crippen LogP contribution in [0, 0.1) is 33.6 Å². The quantitative estimate of drug-likeness (QED) is 0.706. The molecule has 0 radical (unpaired) electrons. The van der Waals surface area contributed by atoms with Crippen molar-refractivity contribution in [3.63, 3.8) is 0 Å². The van der Waals surface area contributed by atoms with E-state index in [-0.39, 0.29) is 0 Å². The van der Waals surface area contributed by atoms with E-state index in [1.807, 2.05) is 26.8 Å². The molecule has 7 nitrogen and oxygen atoms in total. The van der Waals surface area contributed by atoms with Gasteiger partial charge in [0.1, 0.15) is 23.3 Å². The number of aliphatic imine (C=N–C) groups is 1. The summed E-state index contributed by atoms with van der Waals surface area (Å²) in [4.78, 5) is 20.7. The third-order valence-electron chi connectivity index (χ3n) is 5.45. The van der Waals surface area contributed by atoms with Crippen molar-refractivity contribution in [1.29, 1.82) is 0 Å². The Morgan fingerprint density at radius 2 is 1.68 bits per heavy atom. The molecule has 1 saturated heterocycles. The van der Waals surface area contributed by atoms with Crippen LogP contribution in [0.15, 0.2) is 29.3 Å². The second-order valence-electron chi connectivity index (χ2n) is 7.76. The molecule has 0 unspecified atom stereocenters. The van der Waals surface area contributed by atoms with Crippen molar-refractivity contribution in [3.8, 4) is 5.82 Å². The van der Waals surface area contributed by atoms with Crippen LogP contribution in [0.5, 0.6) is 0 Å². The Morgan fingerprint density at radius 1 is 0.893 bits per heavy atom. The van der Waals surface area contributed by atoms with Crippen LogP contribution in [0.2, 0.25) is 0 Å². The van der Waals surface area contributed by atoms with E-state index in [0.29, 0.717) is 5.92 Å². The highest BCUT2D eigenvalue weighted by Crippen LogP contribution is 2.33. The number of rotatable bonds is 3. The lowest BCUT2D eigenvalue weighted by Crippen LogP contribution is -2.51. The normalized spacial score (nSPS) is 16.1. The van der Waals surface area contributed by atoms with Crippen LogP contribution in [0.4, 0.5) is 11.5 Å². The average molecular weight is 373 g/mol. The van der Waals surface area contributed by atoms with Gasteiger partial charge in [-0.2, -0.15) is 4.68 Å². The van der Waals surface area contributed by atoms with E-state index in [0.717, 1.165) is 54.3 Å². The Bertz CT molecular complexity index is 1110. The van der Waals surface area contributed by atoms with Crippen LogP contribution in [-0.4, -0.2) is 43.5 Å². The molecule has 0 aliphatic carbocycles. The Morgan fingerprint density at radius 3 is 2.43 bits per heavy atom. The molecule has 0 bridgehead atoms. The molecule has 142 valence electrons. The van der Waals surface area contributed by atoms with Gasteiger partial charge in [0.2, 0.25) is 0 Å². The Balaban J connectivity index is 1.34. The Labute approximate surface area is 164 Å². The number of fused-ring (bicyclic) bond motifs is 1. The monoisotopic (exact) mass is 373 g/mol. The predicted molar refractivity (Wildman–Crippen MR) is 109 cm³/mol. The number of benzene rings is 1. The van der Waals surface area contributed by atoms with Gasteiger partial charge in [-0.15, -0.1) is 5.10 Å². The fourth-order valence-corrected chi connectivity index (χ4v) is 4.01. The minimum atomic E-state index is 0.488. The molecule has 5 rings (SSSR count). The van der Waals surface area contributed by atoms with E-state index in [1.54, 1.807) is 4.68 Å². The van der Waals surface area contributed by atoms with Crippen LogP contribution in [-0.2, 0) is 6.42 Å². The lowest BCUT2D eigenvalue weighted by molar-refractivity contribution is 0.512. The molecule has 2 aliphatic rings. The summed E-state index contributed by atoms with van der Waals surface area (Å²) in [7, 11) is 0. The standard InChI is InChI=1S/C21H23N7/c1-12-5-6-18-16(7-12)8-19(25-18)17-10-27(11-17)20-9-21(24-13(2)23-20)28-15(4)22-14(3)26-28/h5-7,9,17H,8,10-11H2,1-4H3. The number of aromatic nitrogens is 5. The third-order valence-corrected chi connectivity index (χ3v) is 5.45. The summed E-state index contributed by atoms with van der Waals surface area (Å²) in [5.74, 6) is 4.51. The third kappa shape index (κ3) is 2.87. The first-order chi connectivity index (χ1) is 13.5. The number of aryl methyl sites for hydroxylation is 4. The van der Waals surface area contributed by atoms with Crippen molar-refractivity contribution in [1.82, 2.24) is 24.7 Å². The first-order valence-corrected chi connectivity index (χ1v) is 9.64. The van der Waals surface area contributed by atoms with Crippen LogP contribution in [0.3, 0.4) is 0 Å². The molecule has 2 aromatic heterocycles. The van der Waals surface area contributed by atoms with Gasteiger partial charge < -0.3 is 4.90 Å². The summed E-state index contributed by atoms with van der Waals surface area (Å²) in [6, 6.07) is 8.53. The first kappa shape index (κ1) is 17.0. The highest BCUT2D eigenvalue weighted by Gasteiger charge is 2.34. The molecule has 0 amide bonds. The summed E-state index contributed by atoms with van der Waals surface area (Å²) >= 11 is 0. The molecule has 3 aromatic rings. The van der Waals surface area contributed by atoms with E-state index >= 15 is 0 Å². The highest BCUT2D eigenvalue weighted by molar-refractivity contribution is 5.97. The van der Waals surface area contributed by atoms with Crippen molar-refractivity contribution in [2.45, 2.75) is 34.1 Å². The molecule has 0 saturated carbocycles. The van der Waals surface area contributed by atoms with Gasteiger partial charge in [-0.3, -0.25) is 4.99 Å². The Hall–Kier alpha value is -3.09. The molecule has 0 spiro atoms. The molecule has 7 heteroatoms. The van der Waals surface area contributed by atoms with Crippen molar-refractivity contribution in [2.24, 2.45) is 10.9 Å². The molecule has 0 N–H and O–H groups in total. The first-order valence-electron chi connectivity index (χ1n) is 9.64. The van der Waals surface area contributed by atoms with Crippen molar-refractivity contribution in [3.05, 3.63) is 52.9 Å². The van der Waals surface area contributed by atoms with Crippen molar-refractivity contribution in [2.75, 3.05) is 18.0 Å². The second kappa shape index (κ2) is 6.22. The molecular formula is C21H23N7. The van der Waals surface area contributed by atoms with E-state index in [4.69, 9.17) is 4.99 Å². The van der Waals surface area contributed by atoms with Crippen molar-refractivity contribution < 1.29 is 0 Å². The lowest BCUT2D eigenvalue weighted by atomic mass is 9.91. The summed E-state index contributed by atoms with van der Waals surface area (Å²) in [5, 5.41) is 4.45. The van der Waals surface area contributed by atoms with Gasteiger partial charge in [-0.1, -0.05) is 17.7 Å².